The zero-order chi connectivity index (χ0) is 14.0. The summed E-state index contributed by atoms with van der Waals surface area (Å²) in [4.78, 5) is 10.4. The predicted molar refractivity (Wildman–Crippen MR) is 51.9 cm³/mol. The van der Waals surface area contributed by atoms with Crippen LogP contribution in [0.5, 0.6) is 0 Å². The normalized spacial score (nSPS) is 16.1. The van der Waals surface area contributed by atoms with Gasteiger partial charge >= 0.3 is 6.09 Å². The van der Waals surface area contributed by atoms with E-state index in [1.165, 1.54) is 0 Å². The Hall–Kier alpha value is -1.26. The molecule has 1 aromatic rings. The second-order valence-corrected chi connectivity index (χ2v) is 2.75. The largest absolute Gasteiger partial charge is 0.447 e. The Bertz CT molecular complexity index is 468. The van der Waals surface area contributed by atoms with Gasteiger partial charge < -0.3 is 15.6 Å². The molecule has 0 fully saturated rings. The molecule has 1 aromatic carbocycles. The van der Waals surface area contributed by atoms with E-state index >= 15 is 0 Å². The Labute approximate surface area is 91.9 Å². The highest BCUT2D eigenvalue weighted by molar-refractivity contribution is 6.31. The first-order valence-corrected chi connectivity index (χ1v) is 4.01. The second-order valence-electron chi connectivity index (χ2n) is 2.37. The van der Waals surface area contributed by atoms with Gasteiger partial charge in [0.15, 0.2) is 0 Å². The lowest BCUT2D eigenvalue weighted by molar-refractivity contribution is 0.0729. The lowest BCUT2D eigenvalue weighted by atomic mass is 10.1. The van der Waals surface area contributed by atoms with Crippen LogP contribution in [0.25, 0.3) is 0 Å². The number of carbonyl (C=O) groups is 1. The minimum Gasteiger partial charge on any atom is -0.447 e. The number of aliphatic hydroxyl groups excluding tert-OH is 1. The quantitative estimate of drug-likeness (QED) is 0.809. The van der Waals surface area contributed by atoms with Crippen molar-refractivity contribution in [3.63, 3.8) is 0 Å². The van der Waals surface area contributed by atoms with Crippen molar-refractivity contribution in [1.29, 1.82) is 0 Å². The van der Waals surface area contributed by atoms with Gasteiger partial charge in [0.25, 0.3) is 0 Å². The maximum Gasteiger partial charge on any atom is 0.404 e. The third-order valence-electron chi connectivity index (χ3n) is 1.39. The van der Waals surface area contributed by atoms with Crippen LogP contribution in [0.2, 0.25) is 5.02 Å². The fraction of sp³-hybridized carbons (Fsp3) is 0.222. The van der Waals surface area contributed by atoms with E-state index in [4.69, 9.17) is 22.8 Å². The molecule has 76 valence electrons. The third-order valence-corrected chi connectivity index (χ3v) is 1.68. The Morgan fingerprint density at radius 1 is 1.71 bits per heavy atom. The van der Waals surface area contributed by atoms with E-state index in [9.17, 15) is 9.90 Å². The number of hydrogen-bond donors (Lipinski definition) is 2. The highest BCUT2D eigenvalue weighted by Crippen LogP contribution is 2.22. The molecular weight excluding hydrogens is 206 g/mol. The number of rotatable bonds is 3. The van der Waals surface area contributed by atoms with Crippen LogP contribution >= 0.6 is 11.6 Å². The van der Waals surface area contributed by atoms with Crippen molar-refractivity contribution in [3.05, 3.63) is 34.8 Å². The molecule has 0 aliphatic rings. The van der Waals surface area contributed by atoms with Crippen molar-refractivity contribution >= 4 is 17.7 Å². The molecular formula is C9H10ClNO3. The van der Waals surface area contributed by atoms with Gasteiger partial charge in [0, 0.05) is 10.6 Å². The molecule has 0 heterocycles. The molecule has 0 bridgehead atoms. The average molecular weight is 220 g/mol. The summed E-state index contributed by atoms with van der Waals surface area (Å²) in [6.07, 6.45) is -2.59. The molecule has 0 spiro atoms. The molecule has 1 atom stereocenters. The van der Waals surface area contributed by atoms with Gasteiger partial charge in [-0.05, 0) is 6.04 Å². The Morgan fingerprint density at radius 2 is 2.36 bits per heavy atom. The molecule has 0 radical (unpaired) electrons. The maximum atomic E-state index is 10.4. The fourth-order valence-electron chi connectivity index (χ4n) is 0.781. The molecule has 0 saturated heterocycles. The number of aliphatic hydroxyl groups is 1. The molecule has 3 N–H and O–H groups in total. The van der Waals surface area contributed by atoms with Gasteiger partial charge in [0.05, 0.1) is 5.48 Å². The molecule has 0 aliphatic carbocycles. The topological polar surface area (TPSA) is 72.6 Å². The molecule has 4 nitrogen and oxygen atoms in total. The molecule has 1 unspecified atom stereocenters. The predicted octanol–water partition coefficient (Wildman–Crippen LogP) is 1.47. The van der Waals surface area contributed by atoms with Crippen LogP contribution in [-0.2, 0) is 4.74 Å². The summed E-state index contributed by atoms with van der Waals surface area (Å²) in [5, 5.41) is 9.39. The number of primary amides is 1. The zero-order valence-electron chi connectivity index (χ0n) is 11.0. The lowest BCUT2D eigenvalue weighted by Crippen LogP contribution is -2.17. The summed E-state index contributed by atoms with van der Waals surface area (Å²) in [7, 11) is 0. The van der Waals surface area contributed by atoms with E-state index in [1.54, 1.807) is 0 Å². The summed E-state index contributed by atoms with van der Waals surface area (Å²) in [6.45, 7) is -0.544. The summed E-state index contributed by atoms with van der Waals surface area (Å²) in [5.74, 6) is 0. The van der Waals surface area contributed by atoms with E-state index in [0.717, 1.165) is 0 Å². The monoisotopic (exact) mass is 219 g/mol. The number of amides is 1. The lowest BCUT2D eigenvalue weighted by Gasteiger charge is -2.11. The van der Waals surface area contributed by atoms with Gasteiger partial charge in [-0.2, -0.15) is 0 Å². The number of halogens is 1. The van der Waals surface area contributed by atoms with Crippen molar-refractivity contribution in [3.8, 4) is 0 Å². The van der Waals surface area contributed by atoms with Crippen LogP contribution < -0.4 is 5.73 Å². The molecule has 5 heteroatoms. The average Bonchev–Trinajstić information content (AvgIpc) is 2.31. The number of hydrogen-bond acceptors (Lipinski definition) is 3. The van der Waals surface area contributed by atoms with Gasteiger partial charge in [0.2, 0.25) is 0 Å². The van der Waals surface area contributed by atoms with Crippen molar-refractivity contribution in [2.24, 2.45) is 5.73 Å². The van der Waals surface area contributed by atoms with Gasteiger partial charge in [-0.1, -0.05) is 29.7 Å². The molecule has 0 aliphatic heterocycles. The fourth-order valence-corrected chi connectivity index (χ4v) is 1.00. The number of nitrogens with two attached hydrogens (primary N) is 1. The van der Waals surface area contributed by atoms with E-state index in [1.807, 2.05) is 0 Å². The van der Waals surface area contributed by atoms with Crippen LogP contribution in [0.15, 0.2) is 24.2 Å². The zero-order valence-corrected chi connectivity index (χ0v) is 7.76. The van der Waals surface area contributed by atoms with Crippen molar-refractivity contribution in [2.75, 3.05) is 6.61 Å². The standard InChI is InChI=1S/C9H10ClNO3/c10-7-4-2-1-3-6(7)8(12)5-14-9(11)13/h1-4,8,12H,5H2,(H2,11,13)/i1D,2D,3D,4D. The molecule has 0 saturated carbocycles. The first kappa shape index (κ1) is 6.27. The minimum atomic E-state index is -1.48. The van der Waals surface area contributed by atoms with Crippen LogP contribution in [0, 0.1) is 0 Å². The molecule has 14 heavy (non-hydrogen) atoms. The van der Waals surface area contributed by atoms with Crippen molar-refractivity contribution < 1.29 is 20.1 Å². The number of ether oxygens (including phenoxy) is 1. The Balaban J connectivity index is 3.20. The van der Waals surface area contributed by atoms with Gasteiger partial charge in [0.1, 0.15) is 12.7 Å². The summed E-state index contributed by atoms with van der Waals surface area (Å²) in [5.41, 5.74) is 4.49. The Morgan fingerprint density at radius 3 is 3.00 bits per heavy atom. The minimum absolute atomic E-state index is 0.232. The van der Waals surface area contributed by atoms with Crippen molar-refractivity contribution in [2.45, 2.75) is 6.10 Å². The van der Waals surface area contributed by atoms with Crippen molar-refractivity contribution in [1.82, 2.24) is 0 Å². The summed E-state index contributed by atoms with van der Waals surface area (Å²) in [6, 6.07) is -1.98. The van der Waals surface area contributed by atoms with Gasteiger partial charge in [-0.15, -0.1) is 0 Å². The van der Waals surface area contributed by atoms with Gasteiger partial charge in [-0.3, -0.25) is 0 Å². The van der Waals surface area contributed by atoms with E-state index in [0.29, 0.717) is 0 Å². The van der Waals surface area contributed by atoms with E-state index in [2.05, 4.69) is 4.74 Å². The third kappa shape index (κ3) is 2.90. The number of benzene rings is 1. The maximum absolute atomic E-state index is 10.4. The first-order chi connectivity index (χ1) is 8.27. The van der Waals surface area contributed by atoms with E-state index in [-0.39, 0.29) is 10.6 Å². The smallest absolute Gasteiger partial charge is 0.404 e. The summed E-state index contributed by atoms with van der Waals surface area (Å²) >= 11 is 5.74. The molecule has 1 rings (SSSR count). The highest BCUT2D eigenvalue weighted by atomic mass is 35.5. The van der Waals surface area contributed by atoms with Crippen LogP contribution in [0.3, 0.4) is 0 Å². The second kappa shape index (κ2) is 4.83. The van der Waals surface area contributed by atoms with Gasteiger partial charge in [-0.25, -0.2) is 4.79 Å². The van der Waals surface area contributed by atoms with Crippen LogP contribution in [-0.4, -0.2) is 17.8 Å². The van der Waals surface area contributed by atoms with Crippen LogP contribution in [0.1, 0.15) is 17.2 Å². The summed E-state index contributed by atoms with van der Waals surface area (Å²) < 4.78 is 34.2. The Kier molecular flexibility index (Phi) is 2.16. The highest BCUT2D eigenvalue weighted by Gasteiger charge is 2.12. The van der Waals surface area contributed by atoms with E-state index < -0.39 is 43.0 Å². The number of carbonyl (C=O) groups excluding carboxylic acids is 1. The molecule has 0 aromatic heterocycles. The first-order valence-electron chi connectivity index (χ1n) is 5.63. The molecule has 1 amide bonds. The SMILES string of the molecule is [2H]c1c([2H])c([2H])c(C(O)COC(N)=O)c(Cl)c1[2H]. The van der Waals surface area contributed by atoms with Crippen LogP contribution in [0.4, 0.5) is 4.79 Å².